The van der Waals surface area contributed by atoms with Gasteiger partial charge in [0, 0.05) is 48.9 Å². The zero-order valence-electron chi connectivity index (χ0n) is 18.3. The van der Waals surface area contributed by atoms with Crippen molar-refractivity contribution in [3.63, 3.8) is 0 Å². The minimum absolute atomic E-state index is 0. The summed E-state index contributed by atoms with van der Waals surface area (Å²) in [6.07, 6.45) is 2.06. The maximum absolute atomic E-state index is 12.9. The summed E-state index contributed by atoms with van der Waals surface area (Å²) in [5, 5.41) is 0.749. The molecule has 5 heterocycles. The van der Waals surface area contributed by atoms with Crippen LogP contribution in [-0.4, -0.2) is 52.2 Å². The van der Waals surface area contributed by atoms with Crippen molar-refractivity contribution in [3.8, 4) is 0 Å². The van der Waals surface area contributed by atoms with Gasteiger partial charge in [0.1, 0.15) is 17.0 Å². The molecule has 0 bridgehead atoms. The summed E-state index contributed by atoms with van der Waals surface area (Å²) in [4.78, 5) is 19.1. The van der Waals surface area contributed by atoms with E-state index >= 15 is 0 Å². The van der Waals surface area contributed by atoms with Gasteiger partial charge in [0.05, 0.1) is 11.8 Å². The summed E-state index contributed by atoms with van der Waals surface area (Å²) in [5.74, 6) is 2.59. The molecule has 0 N–H and O–H groups in total. The number of nitrogens with zero attached hydrogens (tertiary/aromatic N) is 5. The zero-order valence-corrected chi connectivity index (χ0v) is 19.1. The minimum Gasteiger partial charge on any atom is -0.355 e. The Balaban J connectivity index is 0.00000241. The largest absolute Gasteiger partial charge is 0.393 e. The molecule has 3 fully saturated rings. The van der Waals surface area contributed by atoms with Crippen LogP contribution in [0.25, 0.3) is 10.2 Å². The molecule has 0 spiro atoms. The van der Waals surface area contributed by atoms with E-state index in [0.29, 0.717) is 27.5 Å². The van der Waals surface area contributed by atoms with Crippen LogP contribution in [-0.2, 0) is 13.0 Å². The first kappa shape index (κ1) is 23.5. The Labute approximate surface area is 202 Å². The number of hydrogen-bond acceptors (Lipinski definition) is 6. The van der Waals surface area contributed by atoms with E-state index in [2.05, 4.69) is 36.9 Å². The highest BCUT2D eigenvalue weighted by atomic mass is 32.1. The van der Waals surface area contributed by atoms with Gasteiger partial charge in [0.2, 0.25) is 0 Å². The van der Waals surface area contributed by atoms with Crippen molar-refractivity contribution in [1.29, 1.82) is 0 Å². The van der Waals surface area contributed by atoms with Gasteiger partial charge in [-0.05, 0) is 55.3 Å². The van der Waals surface area contributed by atoms with E-state index < -0.39 is 12.6 Å². The maximum atomic E-state index is 12.9. The van der Waals surface area contributed by atoms with E-state index in [-0.39, 0.29) is 7.43 Å². The number of aromatic nitrogens is 3. The van der Waals surface area contributed by atoms with E-state index in [1.807, 2.05) is 6.20 Å². The molecule has 5 nitrogen and oxygen atoms in total. The fourth-order valence-electron chi connectivity index (χ4n) is 5.40. The van der Waals surface area contributed by atoms with Crippen molar-refractivity contribution < 1.29 is 13.2 Å². The Bertz CT molecular complexity index is 1140. The first-order valence-corrected chi connectivity index (χ1v) is 12.5. The number of halogens is 3. The topological polar surface area (TPSA) is 45.2 Å². The van der Waals surface area contributed by atoms with Crippen LogP contribution in [0.2, 0.25) is 0 Å². The number of fused-ring (bicyclic) bond motifs is 2. The Morgan fingerprint density at radius 2 is 1.82 bits per heavy atom. The zero-order chi connectivity index (χ0) is 22.6. The van der Waals surface area contributed by atoms with E-state index in [4.69, 9.17) is 0 Å². The first-order chi connectivity index (χ1) is 15.9. The highest BCUT2D eigenvalue weighted by Gasteiger charge is 2.38. The molecule has 2 saturated heterocycles. The Hall–Kier alpha value is -2.26. The fourth-order valence-corrected chi connectivity index (χ4v) is 6.42. The van der Waals surface area contributed by atoms with Gasteiger partial charge < -0.3 is 4.90 Å². The highest BCUT2D eigenvalue weighted by Crippen LogP contribution is 2.40. The fraction of sp³-hybridized carbons (Fsp3) is 0.560. The molecule has 3 aromatic rings. The van der Waals surface area contributed by atoms with Crippen LogP contribution in [0.5, 0.6) is 0 Å². The van der Waals surface area contributed by atoms with E-state index in [1.54, 1.807) is 6.07 Å². The molecule has 3 aliphatic rings. The number of anilines is 1. The minimum atomic E-state index is -4.21. The summed E-state index contributed by atoms with van der Waals surface area (Å²) in [7, 11) is 0. The summed E-state index contributed by atoms with van der Waals surface area (Å²) < 4.78 is 38.6. The summed E-state index contributed by atoms with van der Waals surface area (Å²) in [6.45, 7) is 4.81. The number of rotatable bonds is 5. The van der Waals surface area contributed by atoms with Crippen LogP contribution < -0.4 is 4.90 Å². The molecule has 9 heteroatoms. The van der Waals surface area contributed by atoms with Crippen LogP contribution >= 0.6 is 11.3 Å². The van der Waals surface area contributed by atoms with Crippen LogP contribution in [0.1, 0.15) is 48.7 Å². The second kappa shape index (κ2) is 9.07. The molecule has 0 aromatic carbocycles. The van der Waals surface area contributed by atoms with Crippen molar-refractivity contribution >= 4 is 27.4 Å². The standard InChI is InChI=1S/C24H26F3N5S.CH4/c25-24(26,27)8-19-7-20-22(29-14-30-23(20)33-19)32-12-17-5-6-31(11-18(17)13-32)10-15-1-4-21(28-9-15)16-2-3-16;/h1,4,7,9,14,16-18H,2-3,5-6,8,10-13H2;1H4/t17-,18+;/m1./s1. The van der Waals surface area contributed by atoms with Crippen LogP contribution in [0, 0.1) is 11.8 Å². The van der Waals surface area contributed by atoms with Gasteiger partial charge in [-0.2, -0.15) is 13.2 Å². The lowest BCUT2D eigenvalue weighted by atomic mass is 9.88. The molecule has 34 heavy (non-hydrogen) atoms. The quantitative estimate of drug-likeness (QED) is 0.463. The van der Waals surface area contributed by atoms with E-state index in [9.17, 15) is 13.2 Å². The lowest BCUT2D eigenvalue weighted by molar-refractivity contribution is -0.126. The van der Waals surface area contributed by atoms with Gasteiger partial charge in [-0.3, -0.25) is 9.88 Å². The molecule has 0 amide bonds. The number of hydrogen-bond donors (Lipinski definition) is 0. The van der Waals surface area contributed by atoms with Gasteiger partial charge in [0.15, 0.2) is 0 Å². The van der Waals surface area contributed by atoms with Crippen molar-refractivity contribution in [3.05, 3.63) is 46.9 Å². The average molecular weight is 490 g/mol. The number of pyridine rings is 1. The monoisotopic (exact) mass is 489 g/mol. The van der Waals surface area contributed by atoms with E-state index in [1.165, 1.54) is 30.4 Å². The summed E-state index contributed by atoms with van der Waals surface area (Å²) >= 11 is 1.12. The van der Waals surface area contributed by atoms with Crippen molar-refractivity contribution in [2.75, 3.05) is 31.1 Å². The molecular formula is C25H30F3N5S. The third kappa shape index (κ3) is 4.91. The number of piperidine rings is 1. The first-order valence-electron chi connectivity index (χ1n) is 11.6. The van der Waals surface area contributed by atoms with Gasteiger partial charge in [0.25, 0.3) is 0 Å². The third-order valence-corrected chi connectivity index (χ3v) is 8.21. The Kier molecular flexibility index (Phi) is 6.27. The molecule has 2 aliphatic heterocycles. The number of likely N-dealkylation sites (tertiary alicyclic amines) is 1. The van der Waals surface area contributed by atoms with Crippen molar-refractivity contribution in [2.45, 2.75) is 51.7 Å². The van der Waals surface area contributed by atoms with Crippen LogP contribution in [0.15, 0.2) is 30.7 Å². The van der Waals surface area contributed by atoms with Crippen LogP contribution in [0.3, 0.4) is 0 Å². The van der Waals surface area contributed by atoms with Gasteiger partial charge in [-0.1, -0.05) is 13.5 Å². The molecule has 6 rings (SSSR count). The van der Waals surface area contributed by atoms with E-state index in [0.717, 1.165) is 61.7 Å². The Morgan fingerprint density at radius 3 is 2.56 bits per heavy atom. The van der Waals surface area contributed by atoms with Crippen molar-refractivity contribution in [1.82, 2.24) is 19.9 Å². The number of thiophene rings is 1. The summed E-state index contributed by atoms with van der Waals surface area (Å²) in [5.41, 5.74) is 2.49. The predicted octanol–water partition coefficient (Wildman–Crippen LogP) is 5.66. The summed E-state index contributed by atoms with van der Waals surface area (Å²) in [6, 6.07) is 6.04. The molecule has 0 radical (unpaired) electrons. The normalized spacial score (nSPS) is 23.2. The SMILES string of the molecule is C.FC(F)(F)Cc1cc2c(N3C[C@H]4CCN(Cc5ccc(C6CC6)nc5)C[C@H]4C3)ncnc2s1. The van der Waals surface area contributed by atoms with Crippen molar-refractivity contribution in [2.24, 2.45) is 11.8 Å². The molecule has 182 valence electrons. The predicted molar refractivity (Wildman–Crippen MR) is 129 cm³/mol. The molecule has 2 atom stereocenters. The highest BCUT2D eigenvalue weighted by molar-refractivity contribution is 7.18. The van der Waals surface area contributed by atoms with Crippen LogP contribution in [0.4, 0.5) is 19.0 Å². The lowest BCUT2D eigenvalue weighted by Gasteiger charge is -2.34. The molecule has 3 aromatic heterocycles. The molecule has 1 saturated carbocycles. The second-order valence-corrected chi connectivity index (χ2v) is 10.9. The molecule has 1 aliphatic carbocycles. The third-order valence-electron chi connectivity index (χ3n) is 7.17. The molecule has 0 unspecified atom stereocenters. The van der Waals surface area contributed by atoms with Gasteiger partial charge >= 0.3 is 6.18 Å². The van der Waals surface area contributed by atoms with Gasteiger partial charge in [-0.25, -0.2) is 9.97 Å². The Morgan fingerprint density at radius 1 is 1.00 bits per heavy atom. The lowest BCUT2D eigenvalue weighted by Crippen LogP contribution is -2.39. The second-order valence-electron chi connectivity index (χ2n) is 9.74. The van der Waals surface area contributed by atoms with Gasteiger partial charge in [-0.15, -0.1) is 11.3 Å². The molecular weight excluding hydrogens is 459 g/mol. The average Bonchev–Trinajstić information content (AvgIpc) is 3.41. The number of alkyl halides is 3. The maximum Gasteiger partial charge on any atom is 0.393 e. The smallest absolute Gasteiger partial charge is 0.355 e.